The number of benzene rings is 2. The van der Waals surface area contributed by atoms with Gasteiger partial charge in [-0.1, -0.05) is 60.3 Å². The molecule has 2 aliphatic heterocycles. The fraction of sp³-hybridized carbons (Fsp3) is 0.400. The average Bonchev–Trinajstić information content (AvgIpc) is 3.23. The van der Waals surface area contributed by atoms with Crippen molar-refractivity contribution in [2.45, 2.75) is 50.1 Å². The highest BCUT2D eigenvalue weighted by atomic mass is 32.2. The summed E-state index contributed by atoms with van der Waals surface area (Å²) >= 11 is 1.30. The van der Waals surface area contributed by atoms with Crippen LogP contribution in [0.15, 0.2) is 65.7 Å². The number of ether oxygens (including phenoxy) is 1. The second kappa shape index (κ2) is 10.0. The Morgan fingerprint density at radius 2 is 1.71 bits per heavy atom. The number of sulfone groups is 1. The minimum absolute atomic E-state index is 0.0103. The first-order valence-corrected chi connectivity index (χ1v) is 14.1. The van der Waals surface area contributed by atoms with Gasteiger partial charge in [0.25, 0.3) is 5.91 Å². The molecule has 35 heavy (non-hydrogen) atoms. The summed E-state index contributed by atoms with van der Waals surface area (Å²) < 4.78 is 29.9. The number of thioether (sulfide) groups is 1. The van der Waals surface area contributed by atoms with Gasteiger partial charge in [-0.15, -0.1) is 0 Å². The molecule has 2 aromatic carbocycles. The molecule has 0 saturated carbocycles. The molecule has 0 aromatic heterocycles. The summed E-state index contributed by atoms with van der Waals surface area (Å²) in [5.74, 6) is -0.468. The molecule has 2 fully saturated rings. The zero-order chi connectivity index (χ0) is 25.2. The summed E-state index contributed by atoms with van der Waals surface area (Å²) in [5.41, 5.74) is 0.921. The van der Waals surface area contributed by atoms with Gasteiger partial charge in [-0.05, 0) is 38.5 Å². The van der Waals surface area contributed by atoms with Gasteiger partial charge < -0.3 is 15.0 Å². The molecule has 2 aromatic rings. The number of carbonyl (C=O) groups is 2. The number of amidine groups is 1. The molecule has 2 amide bonds. The first-order chi connectivity index (χ1) is 16.5. The van der Waals surface area contributed by atoms with Crippen LogP contribution in [-0.2, 0) is 25.8 Å². The summed E-state index contributed by atoms with van der Waals surface area (Å²) in [6.45, 7) is 5.25. The molecule has 0 bridgehead atoms. The number of amides is 2. The monoisotopic (exact) mass is 515 g/mol. The highest BCUT2D eigenvalue weighted by molar-refractivity contribution is 8.16. The van der Waals surface area contributed by atoms with Crippen LogP contribution in [0.2, 0.25) is 0 Å². The summed E-state index contributed by atoms with van der Waals surface area (Å²) in [6.07, 6.45) is -0.457. The SMILES string of the molecule is CC(C)(C)OC(=O)NC(Cc1ccccc1)C(=O)N=C1SC2CS(=O)(=O)CC2N1c1ccccc1. The Kier molecular flexibility index (Phi) is 7.23. The van der Waals surface area contributed by atoms with Crippen LogP contribution >= 0.6 is 11.8 Å². The Morgan fingerprint density at radius 1 is 1.09 bits per heavy atom. The number of alkyl carbamates (subject to hydrolysis) is 1. The topological polar surface area (TPSA) is 105 Å². The van der Waals surface area contributed by atoms with E-state index in [1.807, 2.05) is 65.6 Å². The fourth-order valence-corrected chi connectivity index (χ4v) is 8.05. The second-order valence-electron chi connectivity index (χ2n) is 9.63. The quantitative estimate of drug-likeness (QED) is 0.650. The molecule has 2 saturated heterocycles. The van der Waals surface area contributed by atoms with Crippen LogP contribution in [0.3, 0.4) is 0 Å². The predicted octanol–water partition coefficient (Wildman–Crippen LogP) is 3.42. The highest BCUT2D eigenvalue weighted by Crippen LogP contribution is 2.40. The van der Waals surface area contributed by atoms with Gasteiger partial charge in [-0.25, -0.2) is 13.2 Å². The Morgan fingerprint density at radius 3 is 2.34 bits per heavy atom. The number of nitrogens with one attached hydrogen (secondary N) is 1. The van der Waals surface area contributed by atoms with Crippen LogP contribution < -0.4 is 10.2 Å². The van der Waals surface area contributed by atoms with Crippen LogP contribution in [0.1, 0.15) is 26.3 Å². The molecule has 186 valence electrons. The molecular weight excluding hydrogens is 486 g/mol. The van der Waals surface area contributed by atoms with Crippen molar-refractivity contribution in [1.29, 1.82) is 0 Å². The van der Waals surface area contributed by atoms with Crippen molar-refractivity contribution in [3.63, 3.8) is 0 Å². The average molecular weight is 516 g/mol. The maximum Gasteiger partial charge on any atom is 0.408 e. The van der Waals surface area contributed by atoms with Gasteiger partial charge in [0.05, 0.1) is 17.5 Å². The molecule has 8 nitrogen and oxygen atoms in total. The van der Waals surface area contributed by atoms with Crippen LogP contribution in [-0.4, -0.2) is 60.0 Å². The van der Waals surface area contributed by atoms with Crippen molar-refractivity contribution in [2.75, 3.05) is 16.4 Å². The molecule has 4 rings (SSSR count). The Labute approximate surface area is 210 Å². The van der Waals surface area contributed by atoms with Crippen molar-refractivity contribution >= 4 is 44.5 Å². The van der Waals surface area contributed by atoms with Crippen LogP contribution in [0, 0.1) is 0 Å². The van der Waals surface area contributed by atoms with Crippen LogP contribution in [0.25, 0.3) is 0 Å². The van der Waals surface area contributed by atoms with E-state index in [1.165, 1.54) is 11.8 Å². The lowest BCUT2D eigenvalue weighted by Gasteiger charge is -2.25. The second-order valence-corrected chi connectivity index (χ2v) is 13.0. The van der Waals surface area contributed by atoms with E-state index in [4.69, 9.17) is 4.74 Å². The predicted molar refractivity (Wildman–Crippen MR) is 138 cm³/mol. The van der Waals surface area contributed by atoms with Gasteiger partial charge in [0.1, 0.15) is 11.6 Å². The van der Waals surface area contributed by atoms with Crippen molar-refractivity contribution < 1.29 is 22.7 Å². The molecular formula is C25H29N3O5S2. The number of hydrogen-bond acceptors (Lipinski definition) is 6. The Balaban J connectivity index is 1.63. The Bertz CT molecular complexity index is 1210. The van der Waals surface area contributed by atoms with Crippen molar-refractivity contribution in [3.8, 4) is 0 Å². The van der Waals surface area contributed by atoms with Gasteiger partial charge in [-0.3, -0.25) is 4.79 Å². The largest absolute Gasteiger partial charge is 0.444 e. The molecule has 1 N–H and O–H groups in total. The standard InChI is InChI=1S/C25H29N3O5S2/c1-25(2,3)33-24(30)26-19(14-17-10-6-4-7-11-17)22(29)27-23-28(18-12-8-5-9-13-18)20-15-35(31,32)16-21(20)34-23/h4-13,19-21H,14-16H2,1-3H3,(H,26,30). The number of fused-ring (bicyclic) bond motifs is 1. The third-order valence-corrected chi connectivity index (χ3v) is 8.79. The van der Waals surface area contributed by atoms with E-state index >= 15 is 0 Å². The van der Waals surface area contributed by atoms with E-state index in [-0.39, 0.29) is 29.2 Å². The lowest BCUT2D eigenvalue weighted by Crippen LogP contribution is -2.45. The number of carbonyl (C=O) groups excluding carboxylic acids is 2. The number of rotatable bonds is 5. The van der Waals surface area contributed by atoms with E-state index in [0.717, 1.165) is 11.3 Å². The van der Waals surface area contributed by atoms with Gasteiger partial charge in [-0.2, -0.15) is 4.99 Å². The van der Waals surface area contributed by atoms with Gasteiger partial charge in [0.2, 0.25) is 0 Å². The van der Waals surface area contributed by atoms with Crippen molar-refractivity contribution in [3.05, 3.63) is 66.2 Å². The fourth-order valence-electron chi connectivity index (χ4n) is 4.13. The molecule has 2 aliphatic rings. The van der Waals surface area contributed by atoms with Gasteiger partial charge in [0.15, 0.2) is 15.0 Å². The zero-order valence-corrected chi connectivity index (χ0v) is 21.5. The maximum atomic E-state index is 13.4. The number of nitrogens with zero attached hydrogens (tertiary/aromatic N) is 2. The summed E-state index contributed by atoms with van der Waals surface area (Å²) in [5, 5.41) is 2.90. The third-order valence-electron chi connectivity index (χ3n) is 5.58. The molecule has 3 unspecified atom stereocenters. The molecule has 0 radical (unpaired) electrons. The summed E-state index contributed by atoms with van der Waals surface area (Å²) in [7, 11) is -3.16. The summed E-state index contributed by atoms with van der Waals surface area (Å²) in [4.78, 5) is 32.2. The molecule has 3 atom stereocenters. The van der Waals surface area contributed by atoms with E-state index in [1.54, 1.807) is 20.8 Å². The number of para-hydroxylation sites is 1. The zero-order valence-electron chi connectivity index (χ0n) is 19.9. The lowest BCUT2D eigenvalue weighted by atomic mass is 10.1. The smallest absolute Gasteiger partial charge is 0.408 e. The van der Waals surface area contributed by atoms with Crippen molar-refractivity contribution in [1.82, 2.24) is 5.32 Å². The van der Waals surface area contributed by atoms with E-state index in [2.05, 4.69) is 10.3 Å². The summed E-state index contributed by atoms with van der Waals surface area (Å²) in [6, 6.07) is 17.4. The number of anilines is 1. The lowest BCUT2D eigenvalue weighted by molar-refractivity contribution is -0.119. The Hall–Kier alpha value is -2.85. The van der Waals surface area contributed by atoms with E-state index in [0.29, 0.717) is 5.17 Å². The number of aliphatic imine (C=N–C) groups is 1. The van der Waals surface area contributed by atoms with Crippen LogP contribution in [0.5, 0.6) is 0 Å². The third kappa shape index (κ3) is 6.43. The van der Waals surface area contributed by atoms with E-state index in [9.17, 15) is 18.0 Å². The first-order valence-electron chi connectivity index (χ1n) is 11.4. The molecule has 0 spiro atoms. The first kappa shape index (κ1) is 25.2. The van der Waals surface area contributed by atoms with Crippen molar-refractivity contribution in [2.24, 2.45) is 4.99 Å². The van der Waals surface area contributed by atoms with Gasteiger partial charge in [0, 0.05) is 17.4 Å². The minimum Gasteiger partial charge on any atom is -0.444 e. The van der Waals surface area contributed by atoms with E-state index < -0.39 is 33.5 Å². The molecule has 2 heterocycles. The highest BCUT2D eigenvalue weighted by Gasteiger charge is 2.49. The maximum absolute atomic E-state index is 13.4. The molecule has 0 aliphatic carbocycles. The normalized spacial score (nSPS) is 23.1. The minimum atomic E-state index is -3.16. The molecule has 10 heteroatoms. The van der Waals surface area contributed by atoms with Crippen LogP contribution in [0.4, 0.5) is 10.5 Å². The number of hydrogen-bond donors (Lipinski definition) is 1. The van der Waals surface area contributed by atoms with Gasteiger partial charge >= 0.3 is 6.09 Å².